The van der Waals surface area contributed by atoms with Crippen LogP contribution in [-0.4, -0.2) is 19.6 Å². The second kappa shape index (κ2) is 11.5. The summed E-state index contributed by atoms with van der Waals surface area (Å²) >= 11 is 1.71. The molecule has 4 aromatic heterocycles. The first-order valence-corrected chi connectivity index (χ1v) is 17.7. The Hall–Kier alpha value is -6.50. The van der Waals surface area contributed by atoms with Gasteiger partial charge in [0.25, 0.3) is 0 Å². The largest absolute Gasteiger partial charge is 0.504 e. The van der Waals surface area contributed by atoms with Crippen molar-refractivity contribution in [3.05, 3.63) is 157 Å². The van der Waals surface area contributed by atoms with Crippen LogP contribution in [-0.2, 0) is 0 Å². The van der Waals surface area contributed by atoms with E-state index in [0.717, 1.165) is 81.6 Å². The third-order valence-electron chi connectivity index (χ3n) is 9.67. The van der Waals surface area contributed by atoms with Crippen molar-refractivity contribution in [1.29, 1.82) is 0 Å². The first-order valence-electron chi connectivity index (χ1n) is 16.9. The number of phenolic OH excluding ortho intramolecular Hbond substituents is 1. The molecule has 0 unspecified atom stereocenters. The normalized spacial score (nSPS) is 11.7. The molecule has 51 heavy (non-hydrogen) atoms. The maximum atomic E-state index is 12.4. The fourth-order valence-corrected chi connectivity index (χ4v) is 8.52. The first-order chi connectivity index (χ1) is 25.1. The number of nitrogens with zero attached hydrogens (tertiary/aromatic N) is 3. The molecular formula is C45H29N3O2S. The minimum absolute atomic E-state index is 0.0824. The van der Waals surface area contributed by atoms with Crippen LogP contribution in [0.1, 0.15) is 4.88 Å². The van der Waals surface area contributed by atoms with E-state index in [4.69, 9.17) is 9.40 Å². The molecule has 0 bridgehead atoms. The lowest BCUT2D eigenvalue weighted by Gasteiger charge is -2.16. The summed E-state index contributed by atoms with van der Waals surface area (Å²) in [7, 11) is 0. The second-order valence-corrected chi connectivity index (χ2v) is 14.0. The fourth-order valence-electron chi connectivity index (χ4n) is 7.44. The van der Waals surface area contributed by atoms with Gasteiger partial charge in [0.15, 0.2) is 11.3 Å². The van der Waals surface area contributed by atoms with Crippen LogP contribution in [0, 0.1) is 6.92 Å². The lowest BCUT2D eigenvalue weighted by molar-refractivity contribution is 0.471. The van der Waals surface area contributed by atoms with E-state index >= 15 is 0 Å². The Bertz CT molecular complexity index is 2940. The molecule has 0 aliphatic carbocycles. The molecule has 10 rings (SSSR count). The fraction of sp³-hybridized carbons (Fsp3) is 0.0222. The Morgan fingerprint density at radius 1 is 0.667 bits per heavy atom. The molecule has 10 aromatic rings. The summed E-state index contributed by atoms with van der Waals surface area (Å²) in [5.74, 6) is 0.725. The number of aromatic hydroxyl groups is 1. The molecule has 0 radical (unpaired) electrons. The number of imidazole rings is 1. The van der Waals surface area contributed by atoms with Crippen LogP contribution in [0.4, 0.5) is 0 Å². The van der Waals surface area contributed by atoms with Crippen molar-refractivity contribution >= 4 is 54.4 Å². The molecule has 0 aliphatic rings. The standard InChI is InChI=1S/C45H29N3O2S/c1-27-25-34-39(42(49)43-40(44(34)51-27)33-18-6-8-23-38(33)50-43)45-47-41-32(29-15-11-16-30(26-29)35-20-9-10-24-46-35)19-12-22-37(41)48(45)36-21-7-5-17-31(36)28-13-3-2-4-14-28/h2-26,49H,1H3. The minimum atomic E-state index is 0.0824. The van der Waals surface area contributed by atoms with Crippen molar-refractivity contribution < 1.29 is 9.52 Å². The van der Waals surface area contributed by atoms with E-state index < -0.39 is 0 Å². The molecule has 242 valence electrons. The summed E-state index contributed by atoms with van der Waals surface area (Å²) in [5.41, 5.74) is 10.7. The first kappa shape index (κ1) is 29.4. The summed E-state index contributed by atoms with van der Waals surface area (Å²) in [6.07, 6.45) is 1.82. The van der Waals surface area contributed by atoms with Crippen LogP contribution >= 0.6 is 11.3 Å². The van der Waals surface area contributed by atoms with Gasteiger partial charge in [-0.25, -0.2) is 4.98 Å². The van der Waals surface area contributed by atoms with Crippen LogP contribution < -0.4 is 0 Å². The lowest BCUT2D eigenvalue weighted by Crippen LogP contribution is -2.00. The molecule has 4 heterocycles. The average molecular weight is 676 g/mol. The molecule has 1 N–H and O–H groups in total. The van der Waals surface area contributed by atoms with Gasteiger partial charge in [-0.1, -0.05) is 103 Å². The summed E-state index contributed by atoms with van der Waals surface area (Å²) in [4.78, 5) is 11.3. The number of para-hydroxylation sites is 3. The third-order valence-corrected chi connectivity index (χ3v) is 10.7. The number of fused-ring (bicyclic) bond motifs is 6. The number of pyridine rings is 1. The number of hydrogen-bond acceptors (Lipinski definition) is 5. The number of furan rings is 1. The topological polar surface area (TPSA) is 64.1 Å². The van der Waals surface area contributed by atoms with E-state index in [1.165, 1.54) is 0 Å². The zero-order chi connectivity index (χ0) is 34.1. The molecule has 0 atom stereocenters. The van der Waals surface area contributed by atoms with Crippen molar-refractivity contribution in [2.45, 2.75) is 6.92 Å². The Kier molecular flexibility index (Phi) is 6.66. The molecule has 0 fully saturated rings. The Morgan fingerprint density at radius 3 is 2.29 bits per heavy atom. The third kappa shape index (κ3) is 4.61. The summed E-state index contributed by atoms with van der Waals surface area (Å²) < 4.78 is 9.71. The molecule has 0 spiro atoms. The van der Waals surface area contributed by atoms with Crippen LogP contribution in [0.15, 0.2) is 156 Å². The van der Waals surface area contributed by atoms with Crippen molar-refractivity contribution in [1.82, 2.24) is 14.5 Å². The van der Waals surface area contributed by atoms with Crippen molar-refractivity contribution in [2.24, 2.45) is 0 Å². The zero-order valence-corrected chi connectivity index (χ0v) is 28.4. The number of hydrogen-bond donors (Lipinski definition) is 1. The van der Waals surface area contributed by atoms with Gasteiger partial charge in [0.05, 0.1) is 28.0 Å². The summed E-state index contributed by atoms with van der Waals surface area (Å²) in [5, 5.41) is 15.3. The molecule has 6 aromatic carbocycles. The highest BCUT2D eigenvalue weighted by molar-refractivity contribution is 7.20. The Morgan fingerprint density at radius 2 is 1.41 bits per heavy atom. The number of aryl methyl sites for hydroxylation is 1. The SMILES string of the molecule is Cc1cc2c(-c3nc4c(-c5cccc(-c6ccccn6)c5)cccc4n3-c3ccccc3-c3ccccc3)c(O)c3oc4ccccc4c3c2s1. The van der Waals surface area contributed by atoms with E-state index in [2.05, 4.69) is 120 Å². The lowest BCUT2D eigenvalue weighted by atomic mass is 10.00. The average Bonchev–Trinajstić information content (AvgIpc) is 3.88. The highest BCUT2D eigenvalue weighted by Crippen LogP contribution is 2.50. The highest BCUT2D eigenvalue weighted by atomic mass is 32.1. The second-order valence-electron chi connectivity index (χ2n) is 12.7. The van der Waals surface area contributed by atoms with E-state index in [0.29, 0.717) is 17.0 Å². The quantitative estimate of drug-likeness (QED) is 0.197. The summed E-state index contributed by atoms with van der Waals surface area (Å²) in [6.45, 7) is 2.11. The predicted molar refractivity (Wildman–Crippen MR) is 210 cm³/mol. The molecule has 0 amide bonds. The van der Waals surface area contributed by atoms with Gasteiger partial charge in [0.1, 0.15) is 11.4 Å². The van der Waals surface area contributed by atoms with E-state index in [9.17, 15) is 5.11 Å². The molecule has 6 heteroatoms. The van der Waals surface area contributed by atoms with Gasteiger partial charge in [-0.2, -0.15) is 0 Å². The van der Waals surface area contributed by atoms with E-state index in [1.54, 1.807) is 11.3 Å². The number of rotatable bonds is 5. The minimum Gasteiger partial charge on any atom is -0.504 e. The summed E-state index contributed by atoms with van der Waals surface area (Å²) in [6, 6.07) is 49.7. The van der Waals surface area contributed by atoms with Gasteiger partial charge in [0, 0.05) is 48.6 Å². The zero-order valence-electron chi connectivity index (χ0n) is 27.5. The van der Waals surface area contributed by atoms with Crippen molar-refractivity contribution in [2.75, 3.05) is 0 Å². The van der Waals surface area contributed by atoms with Crippen LogP contribution in [0.3, 0.4) is 0 Å². The van der Waals surface area contributed by atoms with Gasteiger partial charge in [-0.05, 0) is 60.5 Å². The van der Waals surface area contributed by atoms with Crippen LogP contribution in [0.5, 0.6) is 5.75 Å². The molecular weight excluding hydrogens is 647 g/mol. The monoisotopic (exact) mass is 675 g/mol. The number of benzene rings is 6. The van der Waals surface area contributed by atoms with Gasteiger partial charge >= 0.3 is 0 Å². The number of aromatic nitrogens is 3. The smallest absolute Gasteiger partial charge is 0.179 e. The predicted octanol–water partition coefficient (Wildman–Crippen LogP) is 12.2. The Labute approximate surface area is 297 Å². The number of thiophene rings is 1. The maximum absolute atomic E-state index is 12.4. The molecule has 0 saturated heterocycles. The van der Waals surface area contributed by atoms with Gasteiger partial charge in [0.2, 0.25) is 0 Å². The van der Waals surface area contributed by atoms with Gasteiger partial charge < -0.3 is 9.52 Å². The molecule has 0 saturated carbocycles. The molecule has 0 aliphatic heterocycles. The van der Waals surface area contributed by atoms with Gasteiger partial charge in [-0.15, -0.1) is 11.3 Å². The van der Waals surface area contributed by atoms with E-state index in [1.807, 2.05) is 48.7 Å². The Balaban J connectivity index is 1.33. The highest BCUT2D eigenvalue weighted by Gasteiger charge is 2.28. The number of phenols is 1. The maximum Gasteiger partial charge on any atom is 0.179 e. The van der Waals surface area contributed by atoms with E-state index in [-0.39, 0.29) is 5.75 Å². The van der Waals surface area contributed by atoms with Crippen LogP contribution in [0.25, 0.3) is 93.6 Å². The van der Waals surface area contributed by atoms with Gasteiger partial charge in [-0.3, -0.25) is 9.55 Å². The van der Waals surface area contributed by atoms with Crippen molar-refractivity contribution in [3.63, 3.8) is 0 Å². The molecule has 5 nitrogen and oxygen atoms in total. The van der Waals surface area contributed by atoms with Crippen molar-refractivity contribution in [3.8, 4) is 56.3 Å². The van der Waals surface area contributed by atoms with Crippen LogP contribution in [0.2, 0.25) is 0 Å².